The lowest BCUT2D eigenvalue weighted by Gasteiger charge is -2.30. The van der Waals surface area contributed by atoms with Gasteiger partial charge in [0, 0.05) is 22.3 Å². The van der Waals surface area contributed by atoms with Gasteiger partial charge in [-0.2, -0.15) is 0 Å². The fraction of sp³-hybridized carbons (Fsp3) is 0.333. The Bertz CT molecular complexity index is 950. The SMILES string of the molecule is CC[C@@H](C)N(CC(=O)N(Cc1ccccc1)Cc1ccc(C)s1)C(=O)c1ccco1. The second-order valence-corrected chi connectivity index (χ2v) is 8.79. The molecule has 0 aliphatic heterocycles. The number of nitrogens with zero attached hydrogens (tertiary/aromatic N) is 2. The molecule has 2 heterocycles. The molecular formula is C24H28N2O3S. The van der Waals surface area contributed by atoms with E-state index in [2.05, 4.69) is 19.1 Å². The quantitative estimate of drug-likeness (QED) is 0.479. The molecule has 0 aliphatic carbocycles. The number of thiophene rings is 1. The van der Waals surface area contributed by atoms with Gasteiger partial charge in [0.15, 0.2) is 5.76 Å². The van der Waals surface area contributed by atoms with Crippen LogP contribution in [0.5, 0.6) is 0 Å². The van der Waals surface area contributed by atoms with Crippen molar-refractivity contribution in [3.63, 3.8) is 0 Å². The number of benzene rings is 1. The first-order valence-corrected chi connectivity index (χ1v) is 11.0. The summed E-state index contributed by atoms with van der Waals surface area (Å²) in [6, 6.07) is 17.3. The molecule has 3 rings (SSSR count). The van der Waals surface area contributed by atoms with Gasteiger partial charge in [0.25, 0.3) is 5.91 Å². The standard InChI is InChI=1S/C24H28N2O3S/c1-4-18(2)26(24(28)22-11-8-14-29-22)17-23(27)25(15-20-9-6-5-7-10-20)16-21-13-12-19(3)30-21/h5-14,18H,4,15-17H2,1-3H3/t18-/m1/s1. The molecule has 0 saturated carbocycles. The van der Waals surface area contributed by atoms with Crippen LogP contribution >= 0.6 is 11.3 Å². The van der Waals surface area contributed by atoms with Crippen molar-refractivity contribution in [3.8, 4) is 0 Å². The van der Waals surface area contributed by atoms with E-state index in [1.807, 2.05) is 49.1 Å². The summed E-state index contributed by atoms with van der Waals surface area (Å²) in [6.45, 7) is 7.07. The Labute approximate surface area is 181 Å². The Hall–Kier alpha value is -2.86. The van der Waals surface area contributed by atoms with Crippen molar-refractivity contribution in [3.05, 3.63) is 81.9 Å². The first-order chi connectivity index (χ1) is 14.5. The lowest BCUT2D eigenvalue weighted by atomic mass is 10.2. The highest BCUT2D eigenvalue weighted by Crippen LogP contribution is 2.20. The molecule has 0 bridgehead atoms. The molecule has 2 amide bonds. The van der Waals surface area contributed by atoms with Crippen molar-refractivity contribution in [2.75, 3.05) is 6.54 Å². The summed E-state index contributed by atoms with van der Waals surface area (Å²) in [7, 11) is 0. The maximum absolute atomic E-state index is 13.4. The molecule has 0 radical (unpaired) electrons. The average molecular weight is 425 g/mol. The van der Waals surface area contributed by atoms with Crippen LogP contribution < -0.4 is 0 Å². The number of rotatable bonds is 9. The third kappa shape index (κ3) is 5.60. The third-order valence-electron chi connectivity index (χ3n) is 5.13. The normalized spacial score (nSPS) is 11.8. The second-order valence-electron chi connectivity index (χ2n) is 7.42. The van der Waals surface area contributed by atoms with E-state index in [-0.39, 0.29) is 30.2 Å². The van der Waals surface area contributed by atoms with Gasteiger partial charge in [-0.1, -0.05) is 37.3 Å². The van der Waals surface area contributed by atoms with Crippen molar-refractivity contribution in [2.45, 2.75) is 46.3 Å². The molecule has 30 heavy (non-hydrogen) atoms. The topological polar surface area (TPSA) is 53.8 Å². The van der Waals surface area contributed by atoms with Crippen LogP contribution in [0.4, 0.5) is 0 Å². The van der Waals surface area contributed by atoms with E-state index in [0.717, 1.165) is 16.9 Å². The van der Waals surface area contributed by atoms with Gasteiger partial charge in [-0.25, -0.2) is 0 Å². The van der Waals surface area contributed by atoms with Crippen molar-refractivity contribution in [1.82, 2.24) is 9.80 Å². The summed E-state index contributed by atoms with van der Waals surface area (Å²) in [6.07, 6.45) is 2.23. The predicted molar refractivity (Wildman–Crippen MR) is 119 cm³/mol. The van der Waals surface area contributed by atoms with Gasteiger partial charge in [0.2, 0.25) is 5.91 Å². The van der Waals surface area contributed by atoms with Gasteiger partial charge < -0.3 is 14.2 Å². The Morgan fingerprint density at radius 1 is 1.03 bits per heavy atom. The van der Waals surface area contributed by atoms with Crippen LogP contribution in [-0.4, -0.2) is 34.2 Å². The van der Waals surface area contributed by atoms with Gasteiger partial charge in [-0.15, -0.1) is 11.3 Å². The number of hydrogen-bond acceptors (Lipinski definition) is 4. The molecule has 1 atom stereocenters. The van der Waals surface area contributed by atoms with E-state index >= 15 is 0 Å². The van der Waals surface area contributed by atoms with Gasteiger partial charge in [0.1, 0.15) is 6.54 Å². The molecule has 1 aromatic carbocycles. The predicted octanol–water partition coefficient (Wildman–Crippen LogP) is 5.12. The van der Waals surface area contributed by atoms with Crippen LogP contribution in [0, 0.1) is 6.92 Å². The van der Waals surface area contributed by atoms with Crippen LogP contribution in [0.25, 0.3) is 0 Å². The van der Waals surface area contributed by atoms with Crippen LogP contribution in [0.15, 0.2) is 65.3 Å². The highest BCUT2D eigenvalue weighted by Gasteiger charge is 2.27. The van der Waals surface area contributed by atoms with Crippen LogP contribution in [-0.2, 0) is 17.9 Å². The molecule has 3 aromatic rings. The Morgan fingerprint density at radius 2 is 1.80 bits per heavy atom. The van der Waals surface area contributed by atoms with Gasteiger partial charge in [-0.05, 0) is 50.1 Å². The molecule has 6 heteroatoms. The molecule has 2 aromatic heterocycles. The lowest BCUT2D eigenvalue weighted by Crippen LogP contribution is -2.46. The number of amides is 2. The average Bonchev–Trinajstić information content (AvgIpc) is 3.43. The molecule has 0 aliphatic rings. The van der Waals surface area contributed by atoms with Gasteiger partial charge in [0.05, 0.1) is 12.8 Å². The zero-order chi connectivity index (χ0) is 21.5. The first-order valence-electron chi connectivity index (χ1n) is 10.2. The second kappa shape index (κ2) is 10.3. The minimum atomic E-state index is -0.255. The van der Waals surface area contributed by atoms with Crippen molar-refractivity contribution < 1.29 is 14.0 Å². The summed E-state index contributed by atoms with van der Waals surface area (Å²) in [5.41, 5.74) is 1.06. The number of hydrogen-bond donors (Lipinski definition) is 0. The minimum Gasteiger partial charge on any atom is -0.459 e. The van der Waals surface area contributed by atoms with Crippen molar-refractivity contribution in [1.29, 1.82) is 0 Å². The zero-order valence-electron chi connectivity index (χ0n) is 17.7. The van der Waals surface area contributed by atoms with Crippen LogP contribution in [0.3, 0.4) is 0 Å². The van der Waals surface area contributed by atoms with E-state index in [0.29, 0.717) is 13.1 Å². The van der Waals surface area contributed by atoms with Crippen molar-refractivity contribution >= 4 is 23.2 Å². The summed E-state index contributed by atoms with van der Waals surface area (Å²) >= 11 is 1.69. The molecule has 0 N–H and O–H groups in total. The third-order valence-corrected chi connectivity index (χ3v) is 6.12. The van der Waals surface area contributed by atoms with E-state index in [4.69, 9.17) is 4.42 Å². The zero-order valence-corrected chi connectivity index (χ0v) is 18.5. The van der Waals surface area contributed by atoms with E-state index in [1.165, 1.54) is 11.1 Å². The number of carbonyl (C=O) groups is 2. The molecule has 5 nitrogen and oxygen atoms in total. The molecular weight excluding hydrogens is 396 g/mol. The van der Waals surface area contributed by atoms with Crippen molar-refractivity contribution in [2.24, 2.45) is 0 Å². The molecule has 0 saturated heterocycles. The van der Waals surface area contributed by atoms with Crippen LogP contribution in [0.2, 0.25) is 0 Å². The number of aryl methyl sites for hydroxylation is 1. The number of furan rings is 1. The Kier molecular flexibility index (Phi) is 7.46. The smallest absolute Gasteiger partial charge is 0.290 e. The molecule has 0 fully saturated rings. The molecule has 0 spiro atoms. The summed E-state index contributed by atoms with van der Waals surface area (Å²) < 4.78 is 5.29. The lowest BCUT2D eigenvalue weighted by molar-refractivity contribution is -0.133. The maximum atomic E-state index is 13.4. The highest BCUT2D eigenvalue weighted by molar-refractivity contribution is 7.11. The Morgan fingerprint density at radius 3 is 2.40 bits per heavy atom. The first kappa shape index (κ1) is 21.8. The van der Waals surface area contributed by atoms with E-state index in [1.54, 1.807) is 28.4 Å². The highest BCUT2D eigenvalue weighted by atomic mass is 32.1. The summed E-state index contributed by atoms with van der Waals surface area (Å²) in [5, 5.41) is 0. The summed E-state index contributed by atoms with van der Waals surface area (Å²) in [5.74, 6) is -0.0777. The summed E-state index contributed by atoms with van der Waals surface area (Å²) in [4.78, 5) is 32.1. The molecule has 0 unspecified atom stereocenters. The monoisotopic (exact) mass is 424 g/mol. The minimum absolute atomic E-state index is 0.0196. The fourth-order valence-corrected chi connectivity index (χ4v) is 4.14. The Balaban J connectivity index is 1.81. The van der Waals surface area contributed by atoms with Gasteiger partial charge in [-0.3, -0.25) is 9.59 Å². The van der Waals surface area contributed by atoms with E-state index in [9.17, 15) is 9.59 Å². The number of carbonyl (C=O) groups excluding carboxylic acids is 2. The maximum Gasteiger partial charge on any atom is 0.290 e. The van der Waals surface area contributed by atoms with Gasteiger partial charge >= 0.3 is 0 Å². The van der Waals surface area contributed by atoms with E-state index < -0.39 is 0 Å². The largest absolute Gasteiger partial charge is 0.459 e. The van der Waals surface area contributed by atoms with Crippen LogP contribution in [0.1, 0.15) is 46.1 Å². The molecule has 158 valence electrons. The fourth-order valence-electron chi connectivity index (χ4n) is 3.23.